The molecule has 2 amide bonds. The van der Waals surface area contributed by atoms with Gasteiger partial charge < -0.3 is 25.4 Å². The van der Waals surface area contributed by atoms with Crippen LogP contribution in [0.15, 0.2) is 24.3 Å². The number of piperidine rings is 2. The SMILES string of the molecule is COc1ccc(CC[C@H](CNC(=O)[C@@H]2CCCN(C(=O)CCC3CCNCC3)C2)C(=O)O)cc1.Cl. The van der Waals surface area contributed by atoms with E-state index in [2.05, 4.69) is 10.6 Å². The number of aliphatic carboxylic acids is 1. The first-order valence-corrected chi connectivity index (χ1v) is 12.6. The third-order valence-corrected chi connectivity index (χ3v) is 7.18. The Morgan fingerprint density at radius 3 is 2.54 bits per heavy atom. The number of halogens is 1. The molecule has 2 heterocycles. The second-order valence-electron chi connectivity index (χ2n) is 9.58. The van der Waals surface area contributed by atoms with E-state index in [1.165, 1.54) is 0 Å². The van der Waals surface area contributed by atoms with E-state index in [0.29, 0.717) is 38.3 Å². The standard InChI is InChI=1S/C26H39N3O5.ClH/c1-34-23-9-5-19(6-10-23)4-8-21(26(32)33)17-28-25(31)22-3-2-16-29(18-22)24(30)11-7-20-12-14-27-15-13-20;/h5-6,9-10,20-22,27H,2-4,7-8,11-18H2,1H3,(H,28,31)(H,32,33);1H/t21-,22-;/m1./s1. The van der Waals surface area contributed by atoms with E-state index in [-0.39, 0.29) is 36.7 Å². The second-order valence-corrected chi connectivity index (χ2v) is 9.58. The molecule has 3 N–H and O–H groups in total. The van der Waals surface area contributed by atoms with Crippen molar-refractivity contribution in [3.05, 3.63) is 29.8 Å². The van der Waals surface area contributed by atoms with Gasteiger partial charge in [-0.1, -0.05) is 12.1 Å². The number of amides is 2. The molecule has 3 rings (SSSR count). The summed E-state index contributed by atoms with van der Waals surface area (Å²) in [5, 5.41) is 15.8. The Balaban J connectivity index is 0.00000432. The average molecular weight is 510 g/mol. The lowest BCUT2D eigenvalue weighted by Gasteiger charge is -2.33. The summed E-state index contributed by atoms with van der Waals surface area (Å²) in [7, 11) is 1.61. The van der Waals surface area contributed by atoms with Gasteiger partial charge in [-0.2, -0.15) is 0 Å². The number of methoxy groups -OCH3 is 1. The molecule has 0 saturated carbocycles. The van der Waals surface area contributed by atoms with Gasteiger partial charge in [0.05, 0.1) is 18.9 Å². The van der Waals surface area contributed by atoms with Crippen molar-refractivity contribution in [3.8, 4) is 5.75 Å². The molecule has 0 unspecified atom stereocenters. The summed E-state index contributed by atoms with van der Waals surface area (Å²) in [5.41, 5.74) is 1.03. The lowest BCUT2D eigenvalue weighted by molar-refractivity contribution is -0.142. The third kappa shape index (κ3) is 9.33. The molecule has 0 aromatic heterocycles. The number of ether oxygens (including phenoxy) is 1. The fraction of sp³-hybridized carbons (Fsp3) is 0.654. The van der Waals surface area contributed by atoms with Gasteiger partial charge >= 0.3 is 5.97 Å². The quantitative estimate of drug-likeness (QED) is 0.423. The summed E-state index contributed by atoms with van der Waals surface area (Å²) in [4.78, 5) is 39.1. The predicted molar refractivity (Wildman–Crippen MR) is 137 cm³/mol. The van der Waals surface area contributed by atoms with Crippen molar-refractivity contribution in [2.75, 3.05) is 39.8 Å². The lowest BCUT2D eigenvalue weighted by Crippen LogP contribution is -2.46. The van der Waals surface area contributed by atoms with Crippen LogP contribution in [0.25, 0.3) is 0 Å². The number of hydrogen-bond acceptors (Lipinski definition) is 5. The lowest BCUT2D eigenvalue weighted by atomic mass is 9.92. The number of carbonyl (C=O) groups excluding carboxylic acids is 2. The van der Waals surface area contributed by atoms with Crippen molar-refractivity contribution in [1.29, 1.82) is 0 Å². The highest BCUT2D eigenvalue weighted by Crippen LogP contribution is 2.22. The van der Waals surface area contributed by atoms with E-state index in [1.54, 1.807) is 7.11 Å². The zero-order chi connectivity index (χ0) is 24.3. The number of carbonyl (C=O) groups is 3. The molecular weight excluding hydrogens is 470 g/mol. The molecule has 1 aromatic rings. The van der Waals surface area contributed by atoms with Gasteiger partial charge in [-0.15, -0.1) is 12.4 Å². The second kappa shape index (κ2) is 14.9. The van der Waals surface area contributed by atoms with Gasteiger partial charge in [-0.05, 0) is 81.6 Å². The molecule has 196 valence electrons. The first-order chi connectivity index (χ1) is 16.5. The molecular formula is C26H40ClN3O5. The summed E-state index contributed by atoms with van der Waals surface area (Å²) in [6.07, 6.45) is 6.30. The van der Waals surface area contributed by atoms with Gasteiger partial charge in [0.15, 0.2) is 0 Å². The van der Waals surface area contributed by atoms with E-state index in [9.17, 15) is 19.5 Å². The van der Waals surface area contributed by atoms with E-state index >= 15 is 0 Å². The number of likely N-dealkylation sites (tertiary alicyclic amines) is 1. The minimum atomic E-state index is -0.910. The monoisotopic (exact) mass is 509 g/mol. The highest BCUT2D eigenvalue weighted by molar-refractivity contribution is 5.85. The highest BCUT2D eigenvalue weighted by atomic mass is 35.5. The highest BCUT2D eigenvalue weighted by Gasteiger charge is 2.29. The number of carboxylic acids is 1. The molecule has 35 heavy (non-hydrogen) atoms. The Kier molecular flexibility index (Phi) is 12.3. The largest absolute Gasteiger partial charge is 0.497 e. The number of nitrogens with zero attached hydrogens (tertiary/aromatic N) is 1. The zero-order valence-corrected chi connectivity index (χ0v) is 21.5. The summed E-state index contributed by atoms with van der Waals surface area (Å²) in [6.45, 7) is 3.30. The normalized spacial score (nSPS) is 19.3. The molecule has 2 atom stereocenters. The third-order valence-electron chi connectivity index (χ3n) is 7.18. The van der Waals surface area contributed by atoms with E-state index in [4.69, 9.17) is 4.74 Å². The van der Waals surface area contributed by atoms with Crippen molar-refractivity contribution in [1.82, 2.24) is 15.5 Å². The van der Waals surface area contributed by atoms with Crippen LogP contribution in [0, 0.1) is 17.8 Å². The fourth-order valence-corrected chi connectivity index (χ4v) is 4.89. The Morgan fingerprint density at radius 2 is 1.89 bits per heavy atom. The minimum absolute atomic E-state index is 0. The number of nitrogens with one attached hydrogen (secondary N) is 2. The minimum Gasteiger partial charge on any atom is -0.497 e. The first kappa shape index (κ1) is 28.9. The van der Waals surface area contributed by atoms with Crippen molar-refractivity contribution in [3.63, 3.8) is 0 Å². The summed E-state index contributed by atoms with van der Waals surface area (Å²) >= 11 is 0. The van der Waals surface area contributed by atoms with Crippen LogP contribution < -0.4 is 15.4 Å². The fourth-order valence-electron chi connectivity index (χ4n) is 4.89. The van der Waals surface area contributed by atoms with Gasteiger partial charge in [-0.25, -0.2) is 0 Å². The molecule has 2 saturated heterocycles. The Morgan fingerprint density at radius 1 is 1.17 bits per heavy atom. The number of aryl methyl sites for hydroxylation is 1. The van der Waals surface area contributed by atoms with Crippen molar-refractivity contribution in [2.24, 2.45) is 17.8 Å². The maximum atomic E-state index is 12.8. The number of rotatable bonds is 11. The first-order valence-electron chi connectivity index (χ1n) is 12.6. The van der Waals surface area contributed by atoms with E-state index < -0.39 is 11.9 Å². The van der Waals surface area contributed by atoms with Crippen LogP contribution in [0.5, 0.6) is 5.75 Å². The summed E-state index contributed by atoms with van der Waals surface area (Å²) in [5.74, 6) is -0.473. The molecule has 9 heteroatoms. The van der Waals surface area contributed by atoms with Crippen LogP contribution in [0.2, 0.25) is 0 Å². The molecule has 2 aliphatic heterocycles. The average Bonchev–Trinajstić information content (AvgIpc) is 2.87. The number of carboxylic acid groups (broad SMARTS) is 1. The predicted octanol–water partition coefficient (Wildman–Crippen LogP) is 2.89. The van der Waals surface area contributed by atoms with Gasteiger partial charge in [0.2, 0.25) is 11.8 Å². The molecule has 1 aromatic carbocycles. The Hall–Kier alpha value is -2.32. The van der Waals surface area contributed by atoms with Crippen molar-refractivity contribution < 1.29 is 24.2 Å². The molecule has 8 nitrogen and oxygen atoms in total. The van der Waals surface area contributed by atoms with Gasteiger partial charge in [0, 0.05) is 26.1 Å². The summed E-state index contributed by atoms with van der Waals surface area (Å²) < 4.78 is 5.15. The van der Waals surface area contributed by atoms with Gasteiger partial charge in [-0.3, -0.25) is 14.4 Å². The van der Waals surface area contributed by atoms with E-state index in [1.807, 2.05) is 29.2 Å². The van der Waals surface area contributed by atoms with Gasteiger partial charge in [0.1, 0.15) is 5.75 Å². The molecule has 0 radical (unpaired) electrons. The molecule has 0 aliphatic carbocycles. The molecule has 2 aliphatic rings. The zero-order valence-electron chi connectivity index (χ0n) is 20.7. The maximum absolute atomic E-state index is 12.8. The Bertz CT molecular complexity index is 814. The number of hydrogen-bond donors (Lipinski definition) is 3. The Labute approximate surface area is 214 Å². The van der Waals surface area contributed by atoms with Crippen molar-refractivity contribution in [2.45, 2.75) is 51.4 Å². The van der Waals surface area contributed by atoms with Crippen LogP contribution in [0.3, 0.4) is 0 Å². The van der Waals surface area contributed by atoms with E-state index in [0.717, 1.165) is 56.5 Å². The van der Waals surface area contributed by atoms with Crippen LogP contribution in [-0.2, 0) is 20.8 Å². The topological polar surface area (TPSA) is 108 Å². The molecule has 0 bridgehead atoms. The van der Waals surface area contributed by atoms with Crippen LogP contribution in [0.1, 0.15) is 50.5 Å². The molecule has 2 fully saturated rings. The number of benzene rings is 1. The molecule has 0 spiro atoms. The van der Waals surface area contributed by atoms with Crippen LogP contribution in [0.4, 0.5) is 0 Å². The van der Waals surface area contributed by atoms with Gasteiger partial charge in [0.25, 0.3) is 0 Å². The summed E-state index contributed by atoms with van der Waals surface area (Å²) in [6, 6.07) is 7.56. The van der Waals surface area contributed by atoms with Crippen molar-refractivity contribution >= 4 is 30.2 Å². The smallest absolute Gasteiger partial charge is 0.308 e. The van der Waals surface area contributed by atoms with Crippen LogP contribution >= 0.6 is 12.4 Å². The van der Waals surface area contributed by atoms with Crippen LogP contribution in [-0.4, -0.2) is 67.6 Å². The maximum Gasteiger partial charge on any atom is 0.308 e.